The molecule has 0 rings (SSSR count). The van der Waals surface area contributed by atoms with E-state index in [1.54, 1.807) is 0 Å². The van der Waals surface area contributed by atoms with E-state index in [9.17, 15) is 4.57 Å². The largest absolute Gasteiger partial charge is 0.326 e. The summed E-state index contributed by atoms with van der Waals surface area (Å²) in [6, 6.07) is 0. The van der Waals surface area contributed by atoms with Crippen molar-refractivity contribution in [2.45, 2.75) is 32.6 Å². The van der Waals surface area contributed by atoms with Crippen LogP contribution in [0.2, 0.25) is 0 Å². The summed E-state index contributed by atoms with van der Waals surface area (Å²) in [4.78, 5) is 8.23. The summed E-state index contributed by atoms with van der Waals surface area (Å²) in [6.07, 6.45) is 4.33. The van der Waals surface area contributed by atoms with Gasteiger partial charge in [0.15, 0.2) is 0 Å². The van der Waals surface area contributed by atoms with Gasteiger partial charge in [-0.1, -0.05) is 26.2 Å². The number of rotatable bonds is 6. The first-order valence-corrected chi connectivity index (χ1v) is 4.89. The van der Waals surface area contributed by atoms with Crippen molar-refractivity contribution in [2.24, 2.45) is 0 Å². The van der Waals surface area contributed by atoms with Crippen LogP contribution in [0.1, 0.15) is 32.6 Å². The first kappa shape index (κ1) is 14.2. The molecule has 0 aromatic carbocycles. The van der Waals surface area contributed by atoms with Gasteiger partial charge in [0.05, 0.1) is 6.61 Å². The maximum absolute atomic E-state index is 9.99. The van der Waals surface area contributed by atoms with Gasteiger partial charge >= 0.3 is 8.25 Å². The molecule has 1 N–H and O–H groups in total. The standard InChI is InChI=1S/C6H15O3P.Fe/c1-2-3-4-5-6-9-10(7)8;/h10H,2-6H2,1H3,(H,7,8);. The third kappa shape index (κ3) is 13.6. The van der Waals surface area contributed by atoms with Crippen LogP contribution in [0.3, 0.4) is 0 Å². The average molecular weight is 222 g/mol. The Morgan fingerprint density at radius 3 is 2.45 bits per heavy atom. The van der Waals surface area contributed by atoms with Crippen molar-refractivity contribution in [2.75, 3.05) is 6.61 Å². The SMILES string of the molecule is CCCCCCO[PH](=O)O.[Fe]. The number of hydrogen-bond acceptors (Lipinski definition) is 2. The molecule has 3 nitrogen and oxygen atoms in total. The van der Waals surface area contributed by atoms with Gasteiger partial charge in [0, 0.05) is 17.1 Å². The fourth-order valence-corrected chi connectivity index (χ4v) is 1.01. The second-order valence-corrected chi connectivity index (χ2v) is 3.00. The molecule has 1 unspecified atom stereocenters. The molecule has 0 bridgehead atoms. The zero-order valence-electron chi connectivity index (χ0n) is 6.65. The van der Waals surface area contributed by atoms with Gasteiger partial charge in [-0.2, -0.15) is 0 Å². The predicted molar refractivity (Wildman–Crippen MR) is 41.3 cm³/mol. The second-order valence-electron chi connectivity index (χ2n) is 2.18. The van der Waals surface area contributed by atoms with Crippen LogP contribution in [-0.2, 0) is 26.2 Å². The Morgan fingerprint density at radius 1 is 1.36 bits per heavy atom. The fraction of sp³-hybridized carbons (Fsp3) is 1.00. The minimum atomic E-state index is -2.67. The van der Waals surface area contributed by atoms with Crippen molar-refractivity contribution < 1.29 is 31.1 Å². The third-order valence-corrected chi connectivity index (χ3v) is 1.67. The van der Waals surface area contributed by atoms with Crippen molar-refractivity contribution in [3.05, 3.63) is 0 Å². The van der Waals surface area contributed by atoms with Gasteiger partial charge in [-0.05, 0) is 6.42 Å². The van der Waals surface area contributed by atoms with E-state index in [2.05, 4.69) is 11.4 Å². The van der Waals surface area contributed by atoms with Gasteiger partial charge in [-0.15, -0.1) is 0 Å². The van der Waals surface area contributed by atoms with E-state index in [-0.39, 0.29) is 17.1 Å². The summed E-state index contributed by atoms with van der Waals surface area (Å²) in [6.45, 7) is 2.55. The van der Waals surface area contributed by atoms with E-state index >= 15 is 0 Å². The van der Waals surface area contributed by atoms with E-state index in [0.29, 0.717) is 6.61 Å². The first-order valence-electron chi connectivity index (χ1n) is 3.63. The van der Waals surface area contributed by atoms with E-state index in [4.69, 9.17) is 4.89 Å². The quantitative estimate of drug-likeness (QED) is 0.424. The molecule has 0 spiro atoms. The Hall–Kier alpha value is 0.669. The summed E-state index contributed by atoms with van der Waals surface area (Å²) in [5, 5.41) is 0. The normalized spacial score (nSPS) is 12.2. The Morgan fingerprint density at radius 2 is 2.00 bits per heavy atom. The monoisotopic (exact) mass is 222 g/mol. The molecule has 0 radical (unpaired) electrons. The second kappa shape index (κ2) is 10.7. The smallest absolute Gasteiger partial charge is 0.316 e. The van der Waals surface area contributed by atoms with Gasteiger partial charge in [-0.3, -0.25) is 4.57 Å². The third-order valence-electron chi connectivity index (χ3n) is 1.22. The summed E-state index contributed by atoms with van der Waals surface area (Å²) in [5.74, 6) is 0. The van der Waals surface area contributed by atoms with Crippen molar-refractivity contribution in [1.29, 1.82) is 0 Å². The van der Waals surface area contributed by atoms with E-state index in [0.717, 1.165) is 12.8 Å². The van der Waals surface area contributed by atoms with E-state index in [1.165, 1.54) is 12.8 Å². The van der Waals surface area contributed by atoms with Crippen molar-refractivity contribution in [1.82, 2.24) is 0 Å². The number of hydrogen-bond donors (Lipinski definition) is 1. The maximum atomic E-state index is 9.99. The predicted octanol–water partition coefficient (Wildman–Crippen LogP) is 1.96. The summed E-state index contributed by atoms with van der Waals surface area (Å²) < 4.78 is 14.5. The van der Waals surface area contributed by atoms with Gasteiger partial charge in [0.1, 0.15) is 0 Å². The topological polar surface area (TPSA) is 46.5 Å². The first-order chi connectivity index (χ1) is 4.77. The number of unbranched alkanes of at least 4 members (excludes halogenated alkanes) is 3. The molecule has 0 aliphatic heterocycles. The maximum Gasteiger partial charge on any atom is 0.316 e. The minimum absolute atomic E-state index is 0. The van der Waals surface area contributed by atoms with Crippen LogP contribution in [0.15, 0.2) is 0 Å². The van der Waals surface area contributed by atoms with Gasteiger partial charge in [0.25, 0.3) is 0 Å². The molecule has 0 aromatic rings. The van der Waals surface area contributed by atoms with E-state index in [1.807, 2.05) is 0 Å². The van der Waals surface area contributed by atoms with Crippen LogP contribution >= 0.6 is 8.25 Å². The molecule has 0 heterocycles. The molecular formula is C6H15FeO3P. The zero-order chi connectivity index (χ0) is 7.82. The molecular weight excluding hydrogens is 207 g/mol. The minimum Gasteiger partial charge on any atom is -0.326 e. The van der Waals surface area contributed by atoms with Crippen molar-refractivity contribution in [3.63, 3.8) is 0 Å². The van der Waals surface area contributed by atoms with Gasteiger partial charge in [0.2, 0.25) is 0 Å². The Bertz CT molecular complexity index is 99.8. The van der Waals surface area contributed by atoms with Gasteiger partial charge in [-0.25, -0.2) is 0 Å². The molecule has 0 amide bonds. The summed E-state index contributed by atoms with van der Waals surface area (Å²) in [5.41, 5.74) is 0. The van der Waals surface area contributed by atoms with Crippen LogP contribution in [0.4, 0.5) is 0 Å². The molecule has 0 aromatic heterocycles. The average Bonchev–Trinajstić information content (AvgIpc) is 1.87. The molecule has 5 heteroatoms. The molecule has 11 heavy (non-hydrogen) atoms. The van der Waals surface area contributed by atoms with Crippen LogP contribution in [0.25, 0.3) is 0 Å². The molecule has 0 aliphatic carbocycles. The molecule has 0 saturated carbocycles. The molecule has 1 atom stereocenters. The van der Waals surface area contributed by atoms with Crippen molar-refractivity contribution in [3.8, 4) is 0 Å². The van der Waals surface area contributed by atoms with Crippen molar-refractivity contribution >= 4 is 8.25 Å². The molecule has 0 fully saturated rings. The summed E-state index contributed by atoms with van der Waals surface area (Å²) in [7, 11) is -2.67. The van der Waals surface area contributed by atoms with Crippen LogP contribution in [0.5, 0.6) is 0 Å². The van der Waals surface area contributed by atoms with Crippen LogP contribution in [0, 0.1) is 0 Å². The Balaban J connectivity index is 0. The van der Waals surface area contributed by atoms with Crippen LogP contribution < -0.4 is 0 Å². The molecule has 0 saturated heterocycles. The van der Waals surface area contributed by atoms with E-state index < -0.39 is 8.25 Å². The Labute approximate surface area is 78.9 Å². The summed E-state index contributed by atoms with van der Waals surface area (Å²) >= 11 is 0. The zero-order valence-corrected chi connectivity index (χ0v) is 8.76. The van der Waals surface area contributed by atoms with Gasteiger partial charge < -0.3 is 9.42 Å². The van der Waals surface area contributed by atoms with Crippen LogP contribution in [-0.4, -0.2) is 11.5 Å². The Kier molecular flexibility index (Phi) is 13.8. The molecule has 0 aliphatic rings. The molecule has 70 valence electrons. The fourth-order valence-electron chi connectivity index (χ4n) is 0.688.